The van der Waals surface area contributed by atoms with Crippen molar-refractivity contribution in [1.29, 1.82) is 5.26 Å². The van der Waals surface area contributed by atoms with E-state index in [4.69, 9.17) is 4.74 Å². The van der Waals surface area contributed by atoms with Gasteiger partial charge in [-0.15, -0.1) is 11.3 Å². The van der Waals surface area contributed by atoms with Crippen LogP contribution in [0.15, 0.2) is 30.3 Å². The first kappa shape index (κ1) is 14.1. The second-order valence-electron chi connectivity index (χ2n) is 5.45. The molecule has 1 aliphatic heterocycles. The second kappa shape index (κ2) is 5.18. The van der Waals surface area contributed by atoms with Crippen molar-refractivity contribution in [3.63, 3.8) is 0 Å². The molecule has 2 atom stereocenters. The predicted octanol–water partition coefficient (Wildman–Crippen LogP) is 3.64. The van der Waals surface area contributed by atoms with Gasteiger partial charge in [0.1, 0.15) is 17.3 Å². The van der Waals surface area contributed by atoms with Crippen LogP contribution < -0.4 is 4.74 Å². The van der Waals surface area contributed by atoms with E-state index in [1.807, 2.05) is 44.2 Å². The molecule has 0 bridgehead atoms. The molecule has 0 saturated heterocycles. The van der Waals surface area contributed by atoms with Crippen LogP contribution in [0.25, 0.3) is 0 Å². The zero-order chi connectivity index (χ0) is 15.0. The van der Waals surface area contributed by atoms with Crippen LogP contribution >= 0.6 is 11.3 Å². The van der Waals surface area contributed by atoms with E-state index < -0.39 is 11.5 Å². The normalized spacial score (nSPS) is 22.0. The number of thiophene rings is 1. The molecule has 0 saturated carbocycles. The molecule has 3 rings (SSSR count). The summed E-state index contributed by atoms with van der Waals surface area (Å²) in [5.41, 5.74) is 0.706. The van der Waals surface area contributed by atoms with Crippen molar-refractivity contribution >= 4 is 11.3 Å². The van der Waals surface area contributed by atoms with Crippen molar-refractivity contribution in [3.05, 3.63) is 51.2 Å². The van der Waals surface area contributed by atoms with Gasteiger partial charge >= 0.3 is 0 Å². The highest BCUT2D eigenvalue weighted by Crippen LogP contribution is 2.47. The van der Waals surface area contributed by atoms with Crippen molar-refractivity contribution in [1.82, 2.24) is 0 Å². The fourth-order valence-corrected chi connectivity index (χ4v) is 4.02. The fraction of sp³-hybridized carbons (Fsp3) is 0.353. The Morgan fingerprint density at radius 1 is 1.38 bits per heavy atom. The first-order chi connectivity index (χ1) is 10.1. The molecular weight excluding hydrogens is 282 g/mol. The molecule has 0 amide bonds. The number of aliphatic hydroxyl groups is 1. The maximum absolute atomic E-state index is 11.0. The highest BCUT2D eigenvalue weighted by molar-refractivity contribution is 7.12. The molecule has 3 nitrogen and oxygen atoms in total. The Hall–Kier alpha value is -1.83. The van der Waals surface area contributed by atoms with E-state index in [0.29, 0.717) is 18.8 Å². The lowest BCUT2D eigenvalue weighted by molar-refractivity contribution is 0.0805. The van der Waals surface area contributed by atoms with Gasteiger partial charge in [0.25, 0.3) is 0 Å². The minimum Gasteiger partial charge on any atom is -0.493 e. The zero-order valence-electron chi connectivity index (χ0n) is 12.1. The lowest BCUT2D eigenvalue weighted by Crippen LogP contribution is -2.37. The van der Waals surface area contributed by atoms with E-state index in [2.05, 4.69) is 6.07 Å². The molecule has 4 heteroatoms. The summed E-state index contributed by atoms with van der Waals surface area (Å²) in [4.78, 5) is 2.22. The van der Waals surface area contributed by atoms with E-state index in [-0.39, 0.29) is 0 Å². The Morgan fingerprint density at radius 2 is 2.14 bits per heavy atom. The van der Waals surface area contributed by atoms with E-state index in [0.717, 1.165) is 20.9 Å². The number of benzene rings is 1. The molecule has 0 radical (unpaired) electrons. The summed E-state index contributed by atoms with van der Waals surface area (Å²) in [6.45, 7) is 4.46. The van der Waals surface area contributed by atoms with Crippen LogP contribution in [0.1, 0.15) is 33.4 Å². The number of para-hydroxylation sites is 1. The van der Waals surface area contributed by atoms with Gasteiger partial charge in [-0.2, -0.15) is 5.26 Å². The first-order valence-electron chi connectivity index (χ1n) is 6.97. The van der Waals surface area contributed by atoms with Gasteiger partial charge in [-0.25, -0.2) is 0 Å². The van der Waals surface area contributed by atoms with E-state index in [1.165, 1.54) is 0 Å². The van der Waals surface area contributed by atoms with Crippen LogP contribution in [-0.2, 0) is 5.41 Å². The Balaban J connectivity index is 2.14. The van der Waals surface area contributed by atoms with E-state index in [1.54, 1.807) is 11.3 Å². The molecule has 0 fully saturated rings. The standard InChI is InChI=1S/C17H17NO2S/c1-11-9-13(12(2)21-11)16(19)17(10-18)7-8-20-15-6-4-3-5-14(15)17/h3-6,9,16,19H,7-8H2,1-2H3. The van der Waals surface area contributed by atoms with Crippen molar-refractivity contribution in [2.75, 3.05) is 6.61 Å². The Labute approximate surface area is 128 Å². The largest absolute Gasteiger partial charge is 0.493 e. The summed E-state index contributed by atoms with van der Waals surface area (Å²) in [5, 5.41) is 20.8. The van der Waals surface area contributed by atoms with Crippen molar-refractivity contribution in [2.45, 2.75) is 31.8 Å². The van der Waals surface area contributed by atoms with Gasteiger partial charge in [0, 0.05) is 21.7 Å². The van der Waals surface area contributed by atoms with Crippen molar-refractivity contribution in [2.24, 2.45) is 0 Å². The number of hydrogen-bond donors (Lipinski definition) is 1. The second-order valence-corrected chi connectivity index (χ2v) is 6.91. The van der Waals surface area contributed by atoms with Gasteiger partial charge in [0.15, 0.2) is 0 Å². The maximum Gasteiger partial charge on any atom is 0.124 e. The number of nitriles is 1. The molecule has 2 heterocycles. The van der Waals surface area contributed by atoms with Gasteiger partial charge in [-0.05, 0) is 31.5 Å². The summed E-state index contributed by atoms with van der Waals surface area (Å²) in [6, 6.07) is 11.9. The lowest BCUT2D eigenvalue weighted by atomic mass is 9.71. The van der Waals surface area contributed by atoms with Gasteiger partial charge in [-0.3, -0.25) is 0 Å². The summed E-state index contributed by atoms with van der Waals surface area (Å²) in [6.07, 6.45) is -0.340. The van der Waals surface area contributed by atoms with Crippen molar-refractivity contribution < 1.29 is 9.84 Å². The van der Waals surface area contributed by atoms with Crippen molar-refractivity contribution in [3.8, 4) is 11.8 Å². The average molecular weight is 299 g/mol. The van der Waals surface area contributed by atoms with Crippen LogP contribution in [0.5, 0.6) is 5.75 Å². The monoisotopic (exact) mass is 299 g/mol. The van der Waals surface area contributed by atoms with Crippen LogP contribution in [0.2, 0.25) is 0 Å². The molecular formula is C17H17NO2S. The minimum atomic E-state index is -0.937. The topological polar surface area (TPSA) is 53.2 Å². The number of fused-ring (bicyclic) bond motifs is 1. The number of aryl methyl sites for hydroxylation is 2. The van der Waals surface area contributed by atoms with Crippen LogP contribution in [0.4, 0.5) is 0 Å². The summed E-state index contributed by atoms with van der Waals surface area (Å²) in [5.74, 6) is 0.703. The molecule has 0 aliphatic carbocycles. The number of rotatable bonds is 2. The third-order valence-electron chi connectivity index (χ3n) is 4.16. The highest BCUT2D eigenvalue weighted by atomic mass is 32.1. The van der Waals surface area contributed by atoms with Gasteiger partial charge in [0.2, 0.25) is 0 Å². The molecule has 0 spiro atoms. The number of ether oxygens (including phenoxy) is 1. The molecule has 2 unspecified atom stereocenters. The number of hydrogen-bond acceptors (Lipinski definition) is 4. The fourth-order valence-electron chi connectivity index (χ4n) is 3.07. The van der Waals surface area contributed by atoms with E-state index in [9.17, 15) is 10.4 Å². The summed E-state index contributed by atoms with van der Waals surface area (Å²) >= 11 is 1.65. The lowest BCUT2D eigenvalue weighted by Gasteiger charge is -2.36. The maximum atomic E-state index is 11.0. The van der Waals surface area contributed by atoms with Crippen LogP contribution in [0, 0.1) is 25.2 Å². The smallest absolute Gasteiger partial charge is 0.124 e. The molecule has 21 heavy (non-hydrogen) atoms. The minimum absolute atomic E-state index is 0.448. The zero-order valence-corrected chi connectivity index (χ0v) is 12.9. The Kier molecular flexibility index (Phi) is 3.48. The number of nitrogens with zero attached hydrogens (tertiary/aromatic N) is 1. The van der Waals surface area contributed by atoms with Crippen LogP contribution in [0.3, 0.4) is 0 Å². The summed E-state index contributed by atoms with van der Waals surface area (Å²) < 4.78 is 5.64. The number of aliphatic hydroxyl groups excluding tert-OH is 1. The molecule has 108 valence electrons. The van der Waals surface area contributed by atoms with Gasteiger partial charge in [0.05, 0.1) is 12.7 Å². The SMILES string of the molecule is Cc1cc(C(O)C2(C#N)CCOc3ccccc32)c(C)s1. The average Bonchev–Trinajstić information content (AvgIpc) is 2.84. The van der Waals surface area contributed by atoms with Gasteiger partial charge in [-0.1, -0.05) is 18.2 Å². The highest BCUT2D eigenvalue weighted by Gasteiger charge is 2.45. The molecule has 1 aromatic carbocycles. The quantitative estimate of drug-likeness (QED) is 0.921. The molecule has 1 N–H and O–H groups in total. The predicted molar refractivity (Wildman–Crippen MR) is 82.6 cm³/mol. The molecule has 2 aromatic rings. The molecule has 1 aliphatic rings. The Morgan fingerprint density at radius 3 is 2.81 bits per heavy atom. The van der Waals surface area contributed by atoms with Crippen LogP contribution in [-0.4, -0.2) is 11.7 Å². The first-order valence-corrected chi connectivity index (χ1v) is 7.78. The third-order valence-corrected chi connectivity index (χ3v) is 5.14. The molecule has 1 aromatic heterocycles. The van der Waals surface area contributed by atoms with Gasteiger partial charge < -0.3 is 9.84 Å². The summed E-state index contributed by atoms with van der Waals surface area (Å²) in [7, 11) is 0. The Bertz CT molecular complexity index is 716. The third kappa shape index (κ3) is 2.14. The van der Waals surface area contributed by atoms with E-state index >= 15 is 0 Å².